The third-order valence-electron chi connectivity index (χ3n) is 4.34. The van der Waals surface area contributed by atoms with Gasteiger partial charge in [-0.05, 0) is 42.0 Å². The van der Waals surface area contributed by atoms with E-state index in [-0.39, 0.29) is 36.2 Å². The molecular weight excluding hydrogens is 293 g/mol. The topological polar surface area (TPSA) is 49.3 Å². The van der Waals surface area contributed by atoms with Crippen LogP contribution in [0.3, 0.4) is 0 Å². The number of aliphatic hydroxyl groups is 1. The number of aliphatic hydroxyl groups excluding tert-OH is 1. The van der Waals surface area contributed by atoms with Crippen LogP contribution in [0, 0.1) is 11.7 Å². The van der Waals surface area contributed by atoms with Crippen LogP contribution in [0.4, 0.5) is 4.39 Å². The van der Waals surface area contributed by atoms with Crippen LogP contribution in [-0.4, -0.2) is 17.6 Å². The first-order chi connectivity index (χ1) is 11.2. The van der Waals surface area contributed by atoms with E-state index in [2.05, 4.69) is 5.32 Å². The lowest BCUT2D eigenvalue weighted by Crippen LogP contribution is -2.30. The van der Waals surface area contributed by atoms with Crippen molar-refractivity contribution < 1.29 is 14.3 Å². The zero-order valence-corrected chi connectivity index (χ0v) is 12.8. The van der Waals surface area contributed by atoms with Gasteiger partial charge in [0, 0.05) is 12.5 Å². The molecular formula is C19H20FNO2. The number of nitrogens with one attached hydrogen (secondary N) is 1. The molecule has 0 bridgehead atoms. The van der Waals surface area contributed by atoms with E-state index < -0.39 is 0 Å². The summed E-state index contributed by atoms with van der Waals surface area (Å²) in [5.41, 5.74) is 1.86. The fourth-order valence-electron chi connectivity index (χ4n) is 3.01. The lowest BCUT2D eigenvalue weighted by atomic mass is 10.0. The van der Waals surface area contributed by atoms with Crippen LogP contribution in [0.5, 0.6) is 0 Å². The Hall–Kier alpha value is -2.20. The molecule has 0 saturated heterocycles. The number of amides is 1. The highest BCUT2D eigenvalue weighted by Crippen LogP contribution is 2.47. The Morgan fingerprint density at radius 1 is 1.22 bits per heavy atom. The summed E-state index contributed by atoms with van der Waals surface area (Å²) in [7, 11) is 0. The molecule has 1 amide bonds. The summed E-state index contributed by atoms with van der Waals surface area (Å²) in [6.45, 7) is 0.0117. The number of hydrogen-bond acceptors (Lipinski definition) is 2. The van der Waals surface area contributed by atoms with E-state index in [1.807, 2.05) is 36.4 Å². The first-order valence-electron chi connectivity index (χ1n) is 7.90. The van der Waals surface area contributed by atoms with Gasteiger partial charge in [-0.25, -0.2) is 4.39 Å². The summed E-state index contributed by atoms with van der Waals surface area (Å²) in [6.07, 6.45) is 1.23. The monoisotopic (exact) mass is 313 g/mol. The lowest BCUT2D eigenvalue weighted by molar-refractivity contribution is -0.123. The van der Waals surface area contributed by atoms with E-state index in [4.69, 9.17) is 0 Å². The Morgan fingerprint density at radius 2 is 2.00 bits per heavy atom. The van der Waals surface area contributed by atoms with E-state index in [0.29, 0.717) is 6.42 Å². The Labute approximate surface area is 135 Å². The smallest absolute Gasteiger partial charge is 0.224 e. The Morgan fingerprint density at radius 3 is 2.70 bits per heavy atom. The average molecular weight is 313 g/mol. The molecule has 23 heavy (non-hydrogen) atoms. The summed E-state index contributed by atoms with van der Waals surface area (Å²) in [5.74, 6) is -0.310. The molecule has 2 N–H and O–H groups in total. The summed E-state index contributed by atoms with van der Waals surface area (Å²) in [4.78, 5) is 12.4. The maximum absolute atomic E-state index is 13.3. The number of halogens is 1. The molecule has 0 aromatic heterocycles. The molecule has 0 aliphatic heterocycles. The molecule has 3 nitrogen and oxygen atoms in total. The third-order valence-corrected chi connectivity index (χ3v) is 4.34. The number of benzene rings is 2. The van der Waals surface area contributed by atoms with Gasteiger partial charge in [0.2, 0.25) is 5.91 Å². The molecule has 2 aromatic rings. The zero-order chi connectivity index (χ0) is 16.2. The zero-order valence-electron chi connectivity index (χ0n) is 12.8. The second-order valence-electron chi connectivity index (χ2n) is 5.99. The minimum Gasteiger partial charge on any atom is -0.396 e. The van der Waals surface area contributed by atoms with Crippen LogP contribution < -0.4 is 5.32 Å². The number of carbonyl (C=O) groups excluding carboxylic acids is 1. The van der Waals surface area contributed by atoms with Gasteiger partial charge in [0.1, 0.15) is 5.82 Å². The van der Waals surface area contributed by atoms with Crippen molar-refractivity contribution in [1.82, 2.24) is 5.32 Å². The first kappa shape index (κ1) is 15.7. The second-order valence-corrected chi connectivity index (χ2v) is 5.99. The molecule has 0 heterocycles. The van der Waals surface area contributed by atoms with Gasteiger partial charge >= 0.3 is 0 Å². The van der Waals surface area contributed by atoms with Crippen molar-refractivity contribution >= 4 is 5.91 Å². The molecule has 1 aliphatic rings. The van der Waals surface area contributed by atoms with Crippen molar-refractivity contribution in [1.29, 1.82) is 0 Å². The van der Waals surface area contributed by atoms with Gasteiger partial charge in [-0.2, -0.15) is 0 Å². The average Bonchev–Trinajstić information content (AvgIpc) is 3.36. The predicted octanol–water partition coefficient (Wildman–Crippen LogP) is 3.17. The minimum atomic E-state index is -0.268. The van der Waals surface area contributed by atoms with E-state index in [1.54, 1.807) is 6.07 Å². The summed E-state index contributed by atoms with van der Waals surface area (Å²) in [6, 6.07) is 15.9. The largest absolute Gasteiger partial charge is 0.396 e. The molecule has 3 rings (SSSR count). The molecule has 0 radical (unpaired) electrons. The SMILES string of the molecule is O=C(NC(CCO)c1ccccc1)C1CC1c1cccc(F)c1. The van der Waals surface area contributed by atoms with E-state index in [0.717, 1.165) is 17.5 Å². The summed E-state index contributed by atoms with van der Waals surface area (Å²) >= 11 is 0. The molecule has 0 spiro atoms. The third kappa shape index (κ3) is 3.77. The summed E-state index contributed by atoms with van der Waals surface area (Å²) in [5, 5.41) is 12.3. The first-order valence-corrected chi connectivity index (χ1v) is 7.90. The van der Waals surface area contributed by atoms with Gasteiger partial charge in [-0.3, -0.25) is 4.79 Å². The number of carbonyl (C=O) groups is 1. The van der Waals surface area contributed by atoms with Gasteiger partial charge in [-0.1, -0.05) is 42.5 Å². The Kier molecular flexibility index (Phi) is 4.72. The van der Waals surface area contributed by atoms with E-state index in [1.165, 1.54) is 12.1 Å². The standard InChI is InChI=1S/C19H20FNO2/c20-15-8-4-7-14(11-15)16-12-17(16)19(23)21-18(9-10-22)13-5-2-1-3-6-13/h1-8,11,16-18,22H,9-10,12H2,(H,21,23). The van der Waals surface area contributed by atoms with Gasteiger partial charge in [0.15, 0.2) is 0 Å². The highest BCUT2D eigenvalue weighted by Gasteiger charge is 2.44. The van der Waals surface area contributed by atoms with Crippen LogP contribution >= 0.6 is 0 Å². The van der Waals surface area contributed by atoms with E-state index in [9.17, 15) is 14.3 Å². The van der Waals surface area contributed by atoms with Crippen LogP contribution in [-0.2, 0) is 4.79 Å². The van der Waals surface area contributed by atoms with Crippen molar-refractivity contribution in [2.75, 3.05) is 6.61 Å². The molecule has 3 unspecified atom stereocenters. The van der Waals surface area contributed by atoms with Crippen molar-refractivity contribution in [3.63, 3.8) is 0 Å². The normalized spacial score (nSPS) is 20.8. The highest BCUT2D eigenvalue weighted by molar-refractivity contribution is 5.83. The highest BCUT2D eigenvalue weighted by atomic mass is 19.1. The molecule has 4 heteroatoms. The molecule has 3 atom stereocenters. The number of hydrogen-bond donors (Lipinski definition) is 2. The molecule has 2 aromatic carbocycles. The summed E-state index contributed by atoms with van der Waals surface area (Å²) < 4.78 is 13.3. The molecule has 1 saturated carbocycles. The fraction of sp³-hybridized carbons (Fsp3) is 0.316. The predicted molar refractivity (Wildman–Crippen MR) is 86.3 cm³/mol. The maximum atomic E-state index is 13.3. The van der Waals surface area contributed by atoms with Crippen LogP contribution in [0.2, 0.25) is 0 Å². The molecule has 1 aliphatic carbocycles. The van der Waals surface area contributed by atoms with Crippen molar-refractivity contribution in [2.45, 2.75) is 24.8 Å². The van der Waals surface area contributed by atoms with E-state index >= 15 is 0 Å². The van der Waals surface area contributed by atoms with Crippen LogP contribution in [0.1, 0.15) is 35.9 Å². The van der Waals surface area contributed by atoms with Gasteiger partial charge in [-0.15, -0.1) is 0 Å². The minimum absolute atomic E-state index is 0.0117. The maximum Gasteiger partial charge on any atom is 0.224 e. The van der Waals surface area contributed by atoms with Crippen molar-refractivity contribution in [3.05, 3.63) is 71.5 Å². The van der Waals surface area contributed by atoms with Crippen LogP contribution in [0.25, 0.3) is 0 Å². The fourth-order valence-corrected chi connectivity index (χ4v) is 3.01. The van der Waals surface area contributed by atoms with Crippen molar-refractivity contribution in [2.24, 2.45) is 5.92 Å². The van der Waals surface area contributed by atoms with Crippen LogP contribution in [0.15, 0.2) is 54.6 Å². The lowest BCUT2D eigenvalue weighted by Gasteiger charge is -2.18. The molecule has 120 valence electrons. The second kappa shape index (κ2) is 6.92. The number of rotatable bonds is 6. The van der Waals surface area contributed by atoms with Gasteiger partial charge < -0.3 is 10.4 Å². The molecule has 1 fully saturated rings. The quantitative estimate of drug-likeness (QED) is 0.860. The Balaban J connectivity index is 1.64. The van der Waals surface area contributed by atoms with Crippen molar-refractivity contribution in [3.8, 4) is 0 Å². The van der Waals surface area contributed by atoms with Gasteiger partial charge in [0.25, 0.3) is 0 Å². The Bertz CT molecular complexity index is 674. The van der Waals surface area contributed by atoms with Gasteiger partial charge in [0.05, 0.1) is 6.04 Å².